The number of ether oxygens (including phenoxy) is 1. The van der Waals surface area contributed by atoms with Gasteiger partial charge in [-0.2, -0.15) is 0 Å². The summed E-state index contributed by atoms with van der Waals surface area (Å²) in [6, 6.07) is 8.16. The number of hydrogen-bond donors (Lipinski definition) is 1. The first-order chi connectivity index (χ1) is 13.2. The Balaban J connectivity index is 1.72. The van der Waals surface area contributed by atoms with E-state index in [1.807, 2.05) is 39.0 Å². The highest BCUT2D eigenvalue weighted by molar-refractivity contribution is 7.22. The predicted molar refractivity (Wildman–Crippen MR) is 117 cm³/mol. The number of nitrogens with two attached hydrogens (primary N) is 1. The molecule has 2 aromatic heterocycles. The fraction of sp³-hybridized carbons (Fsp3) is 0.429. The van der Waals surface area contributed by atoms with Crippen LogP contribution in [0.1, 0.15) is 50.5 Å². The molecule has 28 heavy (non-hydrogen) atoms. The van der Waals surface area contributed by atoms with Crippen molar-refractivity contribution in [2.45, 2.75) is 52.2 Å². The van der Waals surface area contributed by atoms with Gasteiger partial charge in [0.05, 0.1) is 21.8 Å². The van der Waals surface area contributed by atoms with E-state index in [9.17, 15) is 4.79 Å². The molecule has 0 bridgehead atoms. The summed E-state index contributed by atoms with van der Waals surface area (Å²) in [5.41, 5.74) is 9.26. The van der Waals surface area contributed by atoms with E-state index in [0.717, 1.165) is 37.1 Å². The first-order valence-electron chi connectivity index (χ1n) is 9.48. The lowest BCUT2D eigenvalue weighted by Gasteiger charge is -2.26. The van der Waals surface area contributed by atoms with E-state index in [2.05, 4.69) is 13.0 Å². The van der Waals surface area contributed by atoms with Crippen LogP contribution in [-0.2, 0) is 11.3 Å². The van der Waals surface area contributed by atoms with E-state index in [1.54, 1.807) is 27.6 Å². The van der Waals surface area contributed by atoms with Crippen LogP contribution in [0, 0.1) is 0 Å². The zero-order valence-corrected chi connectivity index (χ0v) is 18.2. The van der Waals surface area contributed by atoms with Gasteiger partial charge in [-0.15, -0.1) is 22.7 Å². The molecular weight excluding hydrogens is 390 g/mol. The van der Waals surface area contributed by atoms with Crippen molar-refractivity contribution in [3.05, 3.63) is 34.7 Å². The Hall–Kier alpha value is -2.12. The number of carbonyl (C=O) groups is 1. The molecule has 1 amide bonds. The van der Waals surface area contributed by atoms with E-state index in [-0.39, 0.29) is 6.09 Å². The standard InChI is InChI=1S/C21H25N3O2S2/c1-12-9-10-24(20(25)26-21(2,3)4)11-15-16(12)17(18(22)27-15)19-23-13-7-5-6-8-14(13)28-19/h5-8,12H,9-11,22H2,1-4H3. The van der Waals surface area contributed by atoms with Crippen molar-refractivity contribution >= 4 is 44.0 Å². The van der Waals surface area contributed by atoms with Gasteiger partial charge in [0.15, 0.2) is 0 Å². The SMILES string of the molecule is CC1CCN(C(=O)OC(C)(C)C)Cc2sc(N)c(-c3nc4ccccc4s3)c21. The summed E-state index contributed by atoms with van der Waals surface area (Å²) in [7, 11) is 0. The van der Waals surface area contributed by atoms with Crippen LogP contribution < -0.4 is 5.73 Å². The monoisotopic (exact) mass is 415 g/mol. The van der Waals surface area contributed by atoms with Gasteiger partial charge in [0.1, 0.15) is 10.6 Å². The van der Waals surface area contributed by atoms with E-state index in [4.69, 9.17) is 15.5 Å². The molecule has 1 atom stereocenters. The zero-order valence-electron chi connectivity index (χ0n) is 16.6. The molecule has 1 unspecified atom stereocenters. The van der Waals surface area contributed by atoms with Crippen LogP contribution in [-0.4, -0.2) is 28.1 Å². The molecule has 0 saturated heterocycles. The smallest absolute Gasteiger partial charge is 0.410 e. The van der Waals surface area contributed by atoms with Crippen LogP contribution in [0.4, 0.5) is 9.80 Å². The fourth-order valence-corrected chi connectivity index (χ4v) is 5.89. The Kier molecular flexibility index (Phi) is 4.83. The quantitative estimate of drug-likeness (QED) is 0.541. The number of nitrogens with zero attached hydrogens (tertiary/aromatic N) is 2. The van der Waals surface area contributed by atoms with Gasteiger partial charge in [-0.25, -0.2) is 9.78 Å². The first-order valence-corrected chi connectivity index (χ1v) is 11.1. The number of rotatable bonds is 1. The second-order valence-corrected chi connectivity index (χ2v) is 10.4. The number of fused-ring (bicyclic) bond motifs is 2. The Labute approximate surface area is 173 Å². The fourth-order valence-electron chi connectivity index (χ4n) is 3.58. The molecule has 0 radical (unpaired) electrons. The van der Waals surface area contributed by atoms with Crippen molar-refractivity contribution in [3.8, 4) is 10.6 Å². The molecule has 5 nitrogen and oxygen atoms in total. The number of carbonyl (C=O) groups excluding carboxylic acids is 1. The molecule has 1 aliphatic rings. The lowest BCUT2D eigenvalue weighted by molar-refractivity contribution is 0.0237. The number of benzene rings is 1. The molecule has 0 fully saturated rings. The Morgan fingerprint density at radius 2 is 2.04 bits per heavy atom. The highest BCUT2D eigenvalue weighted by atomic mass is 32.1. The van der Waals surface area contributed by atoms with Crippen LogP contribution in [0.25, 0.3) is 20.8 Å². The second kappa shape index (κ2) is 7.04. The minimum absolute atomic E-state index is 0.263. The number of amides is 1. The van der Waals surface area contributed by atoms with Crippen LogP contribution in [0.2, 0.25) is 0 Å². The summed E-state index contributed by atoms with van der Waals surface area (Å²) in [6.07, 6.45) is 0.612. The van der Waals surface area contributed by atoms with Gasteiger partial charge in [-0.3, -0.25) is 0 Å². The summed E-state index contributed by atoms with van der Waals surface area (Å²) in [6.45, 7) is 9.10. The van der Waals surface area contributed by atoms with Crippen LogP contribution >= 0.6 is 22.7 Å². The predicted octanol–water partition coefficient (Wildman–Crippen LogP) is 5.85. The third-order valence-corrected chi connectivity index (χ3v) is 6.94. The van der Waals surface area contributed by atoms with E-state index < -0.39 is 5.60 Å². The highest BCUT2D eigenvalue weighted by Gasteiger charge is 2.31. The molecule has 2 N–H and O–H groups in total. The third kappa shape index (κ3) is 3.61. The van der Waals surface area contributed by atoms with Crippen molar-refractivity contribution in [1.29, 1.82) is 0 Å². The average Bonchev–Trinajstić information content (AvgIpc) is 3.12. The van der Waals surface area contributed by atoms with Crippen molar-refractivity contribution in [3.63, 3.8) is 0 Å². The summed E-state index contributed by atoms with van der Waals surface area (Å²) in [5, 5.41) is 1.75. The van der Waals surface area contributed by atoms with Crippen molar-refractivity contribution in [2.24, 2.45) is 0 Å². The molecule has 3 heterocycles. The lowest BCUT2D eigenvalue weighted by Crippen LogP contribution is -2.36. The van der Waals surface area contributed by atoms with Crippen molar-refractivity contribution in [2.75, 3.05) is 12.3 Å². The third-order valence-electron chi connectivity index (χ3n) is 4.87. The molecule has 0 saturated carbocycles. The minimum Gasteiger partial charge on any atom is -0.444 e. The van der Waals surface area contributed by atoms with Crippen LogP contribution in [0.5, 0.6) is 0 Å². The topological polar surface area (TPSA) is 68.5 Å². The average molecular weight is 416 g/mol. The molecule has 148 valence electrons. The lowest BCUT2D eigenvalue weighted by atomic mass is 9.95. The van der Waals surface area contributed by atoms with Gasteiger partial charge in [0.25, 0.3) is 0 Å². The molecule has 1 aliphatic heterocycles. The molecule has 4 rings (SSSR count). The maximum absolute atomic E-state index is 12.6. The normalized spacial score (nSPS) is 17.4. The zero-order chi connectivity index (χ0) is 20.1. The number of hydrogen-bond acceptors (Lipinski definition) is 6. The van der Waals surface area contributed by atoms with E-state index >= 15 is 0 Å². The van der Waals surface area contributed by atoms with Gasteiger partial charge >= 0.3 is 6.09 Å². The number of thiophene rings is 1. The molecule has 0 spiro atoms. The molecule has 3 aromatic rings. The van der Waals surface area contributed by atoms with E-state index in [0.29, 0.717) is 19.0 Å². The van der Waals surface area contributed by atoms with Crippen molar-refractivity contribution in [1.82, 2.24) is 9.88 Å². The molecule has 1 aromatic carbocycles. The highest BCUT2D eigenvalue weighted by Crippen LogP contribution is 2.47. The first kappa shape index (κ1) is 19.2. The number of para-hydroxylation sites is 1. The minimum atomic E-state index is -0.502. The van der Waals surface area contributed by atoms with Gasteiger partial charge < -0.3 is 15.4 Å². The van der Waals surface area contributed by atoms with Crippen LogP contribution in [0.15, 0.2) is 24.3 Å². The van der Waals surface area contributed by atoms with Crippen LogP contribution in [0.3, 0.4) is 0 Å². The van der Waals surface area contributed by atoms with Gasteiger partial charge in [0, 0.05) is 17.0 Å². The second-order valence-electron chi connectivity index (χ2n) is 8.26. The maximum atomic E-state index is 12.6. The number of anilines is 1. The summed E-state index contributed by atoms with van der Waals surface area (Å²) in [4.78, 5) is 20.4. The van der Waals surface area contributed by atoms with E-state index in [1.165, 1.54) is 5.56 Å². The Morgan fingerprint density at radius 3 is 2.75 bits per heavy atom. The molecular formula is C21H25N3O2S2. The largest absolute Gasteiger partial charge is 0.444 e. The molecule has 0 aliphatic carbocycles. The summed E-state index contributed by atoms with van der Waals surface area (Å²) in [5.74, 6) is 0.304. The maximum Gasteiger partial charge on any atom is 0.410 e. The summed E-state index contributed by atoms with van der Waals surface area (Å²) >= 11 is 3.25. The van der Waals surface area contributed by atoms with Gasteiger partial charge in [-0.05, 0) is 50.8 Å². The number of nitrogen functional groups attached to an aromatic ring is 1. The van der Waals surface area contributed by atoms with Crippen molar-refractivity contribution < 1.29 is 9.53 Å². The Morgan fingerprint density at radius 1 is 1.29 bits per heavy atom. The van der Waals surface area contributed by atoms with Gasteiger partial charge in [-0.1, -0.05) is 19.1 Å². The number of thiazole rings is 1. The number of aromatic nitrogens is 1. The Bertz CT molecular complexity index is 999. The van der Waals surface area contributed by atoms with Gasteiger partial charge in [0.2, 0.25) is 0 Å². The molecule has 7 heteroatoms. The summed E-state index contributed by atoms with van der Waals surface area (Å²) < 4.78 is 6.76.